The lowest BCUT2D eigenvalue weighted by atomic mass is 9.91. The molecule has 3 aromatic heterocycles. The molecule has 224 valence electrons. The number of benzene rings is 7. The molecule has 0 amide bonds. The number of para-hydroxylation sites is 3. The molecule has 4 heteroatoms. The average Bonchev–Trinajstić information content (AvgIpc) is 3.70. The van der Waals surface area contributed by atoms with Gasteiger partial charge in [-0.3, -0.25) is 4.57 Å². The van der Waals surface area contributed by atoms with Gasteiger partial charge in [0.2, 0.25) is 11.7 Å². The first kappa shape index (κ1) is 26.7. The number of furan rings is 1. The molecule has 48 heavy (non-hydrogen) atoms. The van der Waals surface area contributed by atoms with Crippen LogP contribution in [0.3, 0.4) is 0 Å². The molecule has 0 aliphatic rings. The molecular formula is C44H27N3O. The van der Waals surface area contributed by atoms with Crippen LogP contribution < -0.4 is 0 Å². The highest BCUT2D eigenvalue weighted by atomic mass is 16.3. The van der Waals surface area contributed by atoms with Crippen LogP contribution in [0.2, 0.25) is 0 Å². The molecule has 0 N–H and O–H groups in total. The summed E-state index contributed by atoms with van der Waals surface area (Å²) in [6.07, 6.45) is 0. The summed E-state index contributed by atoms with van der Waals surface area (Å²) in [4.78, 5) is 10.6. The van der Waals surface area contributed by atoms with E-state index >= 15 is 0 Å². The molecule has 10 aromatic rings. The summed E-state index contributed by atoms with van der Waals surface area (Å²) >= 11 is 0. The summed E-state index contributed by atoms with van der Waals surface area (Å²) in [6, 6.07) is 57.4. The maximum Gasteiger partial charge on any atom is 0.238 e. The topological polar surface area (TPSA) is 43.9 Å². The third-order valence-corrected chi connectivity index (χ3v) is 9.47. The van der Waals surface area contributed by atoms with E-state index in [1.54, 1.807) is 0 Å². The first-order valence-corrected chi connectivity index (χ1v) is 16.2. The van der Waals surface area contributed by atoms with Crippen molar-refractivity contribution in [2.75, 3.05) is 0 Å². The molecular weight excluding hydrogens is 587 g/mol. The van der Waals surface area contributed by atoms with Gasteiger partial charge in [0.05, 0.1) is 22.1 Å². The van der Waals surface area contributed by atoms with Crippen molar-refractivity contribution in [1.29, 1.82) is 0 Å². The lowest BCUT2D eigenvalue weighted by molar-refractivity contribution is 0.651. The van der Waals surface area contributed by atoms with Gasteiger partial charge in [-0.25, -0.2) is 4.98 Å². The SMILES string of the molecule is c1ccc(-c2ccc(-c3cccc4cccc(-c5nc(-n6c7ccccc7c7ccccc76)nc6oc7ccccc7c56)c34)cc2)cc1. The largest absolute Gasteiger partial charge is 0.437 e. The smallest absolute Gasteiger partial charge is 0.238 e. The second-order valence-corrected chi connectivity index (χ2v) is 12.2. The molecule has 0 aliphatic heterocycles. The summed E-state index contributed by atoms with van der Waals surface area (Å²) in [6.45, 7) is 0. The van der Waals surface area contributed by atoms with Gasteiger partial charge in [0, 0.05) is 21.7 Å². The van der Waals surface area contributed by atoms with Crippen LogP contribution in [-0.4, -0.2) is 14.5 Å². The minimum atomic E-state index is 0.569. The molecule has 0 saturated carbocycles. The van der Waals surface area contributed by atoms with Crippen molar-refractivity contribution in [2.24, 2.45) is 0 Å². The number of aromatic nitrogens is 3. The van der Waals surface area contributed by atoms with Crippen LogP contribution in [0, 0.1) is 0 Å². The van der Waals surface area contributed by atoms with Crippen molar-refractivity contribution in [1.82, 2.24) is 14.5 Å². The number of fused-ring (bicyclic) bond motifs is 7. The second-order valence-electron chi connectivity index (χ2n) is 12.2. The van der Waals surface area contributed by atoms with Crippen LogP contribution in [0.5, 0.6) is 0 Å². The minimum absolute atomic E-state index is 0.569. The van der Waals surface area contributed by atoms with Gasteiger partial charge in [0.1, 0.15) is 5.58 Å². The van der Waals surface area contributed by atoms with Gasteiger partial charge in [-0.2, -0.15) is 4.98 Å². The number of rotatable bonds is 4. The molecule has 0 radical (unpaired) electrons. The van der Waals surface area contributed by atoms with E-state index in [1.807, 2.05) is 18.2 Å². The Kier molecular flexibility index (Phi) is 5.84. The lowest BCUT2D eigenvalue weighted by Crippen LogP contribution is -2.03. The molecule has 0 atom stereocenters. The zero-order chi connectivity index (χ0) is 31.6. The third kappa shape index (κ3) is 4.03. The predicted octanol–water partition coefficient (Wildman–Crippen LogP) is 11.6. The van der Waals surface area contributed by atoms with Crippen LogP contribution in [0.1, 0.15) is 0 Å². The minimum Gasteiger partial charge on any atom is -0.437 e. The molecule has 4 nitrogen and oxygen atoms in total. The monoisotopic (exact) mass is 613 g/mol. The van der Waals surface area contributed by atoms with Crippen LogP contribution >= 0.6 is 0 Å². The van der Waals surface area contributed by atoms with Gasteiger partial charge in [-0.15, -0.1) is 0 Å². The van der Waals surface area contributed by atoms with Crippen molar-refractivity contribution in [3.63, 3.8) is 0 Å². The molecule has 0 bridgehead atoms. The third-order valence-electron chi connectivity index (χ3n) is 9.47. The van der Waals surface area contributed by atoms with Gasteiger partial charge in [-0.05, 0) is 51.2 Å². The molecule has 0 saturated heterocycles. The van der Waals surface area contributed by atoms with E-state index in [0.29, 0.717) is 11.7 Å². The van der Waals surface area contributed by atoms with Gasteiger partial charge in [0.15, 0.2) is 0 Å². The van der Waals surface area contributed by atoms with E-state index in [2.05, 4.69) is 150 Å². The highest BCUT2D eigenvalue weighted by Gasteiger charge is 2.22. The first-order chi connectivity index (χ1) is 23.8. The van der Waals surface area contributed by atoms with Crippen molar-refractivity contribution in [2.45, 2.75) is 0 Å². The fourth-order valence-corrected chi connectivity index (χ4v) is 7.30. The van der Waals surface area contributed by atoms with Crippen LogP contribution in [0.4, 0.5) is 0 Å². The average molecular weight is 614 g/mol. The summed E-state index contributed by atoms with van der Waals surface area (Å²) < 4.78 is 8.66. The molecule has 0 spiro atoms. The fourth-order valence-electron chi connectivity index (χ4n) is 7.30. The second kappa shape index (κ2) is 10.5. The van der Waals surface area contributed by atoms with Crippen LogP contribution in [0.25, 0.3) is 94.1 Å². The highest BCUT2D eigenvalue weighted by Crippen LogP contribution is 2.42. The van der Waals surface area contributed by atoms with E-state index < -0.39 is 0 Å². The maximum atomic E-state index is 6.50. The molecule has 0 unspecified atom stereocenters. The summed E-state index contributed by atoms with van der Waals surface area (Å²) in [5.74, 6) is 0.579. The number of hydrogen-bond acceptors (Lipinski definition) is 3. The van der Waals surface area contributed by atoms with E-state index in [-0.39, 0.29) is 0 Å². The highest BCUT2D eigenvalue weighted by molar-refractivity contribution is 6.16. The predicted molar refractivity (Wildman–Crippen MR) is 197 cm³/mol. The standard InChI is InChI=1S/C44H27N3O/c1-2-12-28(13-3-1)29-24-26-30(27-25-29)32-19-10-14-31-15-11-20-36(40(31)32)42-41-35-18-6-9-23-39(35)48-43(41)46-44(45-42)47-37-21-7-4-16-33(37)34-17-5-8-22-38(34)47/h1-27H. The number of hydrogen-bond donors (Lipinski definition) is 0. The van der Waals surface area contributed by atoms with E-state index in [9.17, 15) is 0 Å². The molecule has 0 fully saturated rings. The molecule has 10 rings (SSSR count). The first-order valence-electron chi connectivity index (χ1n) is 16.2. The Labute approximate surface area is 276 Å². The summed E-state index contributed by atoms with van der Waals surface area (Å²) in [7, 11) is 0. The van der Waals surface area contributed by atoms with Gasteiger partial charge in [0.25, 0.3) is 0 Å². The molecule has 0 aliphatic carbocycles. The Morgan fingerprint density at radius 2 is 1.00 bits per heavy atom. The normalized spacial score (nSPS) is 11.8. The molecule has 3 heterocycles. The van der Waals surface area contributed by atoms with E-state index in [1.165, 1.54) is 11.1 Å². The van der Waals surface area contributed by atoms with Gasteiger partial charge >= 0.3 is 0 Å². The van der Waals surface area contributed by atoms with Crippen molar-refractivity contribution >= 4 is 54.6 Å². The summed E-state index contributed by atoms with van der Waals surface area (Å²) in [5, 5.41) is 6.53. The van der Waals surface area contributed by atoms with E-state index in [0.717, 1.165) is 71.3 Å². The van der Waals surface area contributed by atoms with Crippen molar-refractivity contribution < 1.29 is 4.42 Å². The summed E-state index contributed by atoms with van der Waals surface area (Å²) in [5.41, 5.74) is 10.1. The number of nitrogens with zero attached hydrogens (tertiary/aromatic N) is 3. The van der Waals surface area contributed by atoms with Gasteiger partial charge in [-0.1, -0.05) is 146 Å². The zero-order valence-corrected chi connectivity index (χ0v) is 25.8. The van der Waals surface area contributed by atoms with E-state index in [4.69, 9.17) is 14.4 Å². The fraction of sp³-hybridized carbons (Fsp3) is 0. The maximum absolute atomic E-state index is 6.50. The Morgan fingerprint density at radius 3 is 1.73 bits per heavy atom. The Bertz CT molecular complexity index is 2770. The van der Waals surface area contributed by atoms with Crippen LogP contribution in [0.15, 0.2) is 168 Å². The van der Waals surface area contributed by atoms with Crippen LogP contribution in [-0.2, 0) is 0 Å². The quantitative estimate of drug-likeness (QED) is 0.198. The Hall–Kier alpha value is -6.52. The van der Waals surface area contributed by atoms with Gasteiger partial charge < -0.3 is 4.42 Å². The Balaban J connectivity index is 1.27. The Morgan fingerprint density at radius 1 is 0.417 bits per heavy atom. The zero-order valence-electron chi connectivity index (χ0n) is 25.8. The molecule has 7 aromatic carbocycles. The van der Waals surface area contributed by atoms with Crippen molar-refractivity contribution in [3.05, 3.63) is 164 Å². The lowest BCUT2D eigenvalue weighted by Gasteiger charge is -2.14. The van der Waals surface area contributed by atoms with Crippen molar-refractivity contribution in [3.8, 4) is 39.5 Å².